The normalized spacial score (nSPS) is 10.2. The Labute approximate surface area is 103 Å². The standard InChI is InChI=1S/C12H24N2O3/c1-2-8-13-10-11(15)14-9-6-4-3-5-7-12(16)17/h13H,2-10H2,1H3,(H,14,15)(H,16,17). The molecule has 0 aromatic heterocycles. The number of amides is 1. The highest BCUT2D eigenvalue weighted by molar-refractivity contribution is 5.77. The summed E-state index contributed by atoms with van der Waals surface area (Å²) >= 11 is 0. The van der Waals surface area contributed by atoms with Gasteiger partial charge in [-0.2, -0.15) is 0 Å². The van der Waals surface area contributed by atoms with Crippen LogP contribution in [-0.2, 0) is 9.59 Å². The molecule has 0 spiro atoms. The van der Waals surface area contributed by atoms with Crippen LogP contribution in [0.3, 0.4) is 0 Å². The van der Waals surface area contributed by atoms with Crippen molar-refractivity contribution in [1.29, 1.82) is 0 Å². The first kappa shape index (κ1) is 15.9. The van der Waals surface area contributed by atoms with Gasteiger partial charge in [-0.05, 0) is 25.8 Å². The third-order valence-corrected chi connectivity index (χ3v) is 2.35. The first-order chi connectivity index (χ1) is 8.16. The molecule has 0 aromatic rings. The van der Waals surface area contributed by atoms with Gasteiger partial charge in [-0.1, -0.05) is 19.8 Å². The highest BCUT2D eigenvalue weighted by atomic mass is 16.4. The van der Waals surface area contributed by atoms with Gasteiger partial charge in [0.1, 0.15) is 0 Å². The molecule has 0 aliphatic heterocycles. The predicted molar refractivity (Wildman–Crippen MR) is 66.9 cm³/mol. The van der Waals surface area contributed by atoms with Gasteiger partial charge >= 0.3 is 5.97 Å². The van der Waals surface area contributed by atoms with Crippen molar-refractivity contribution in [3.05, 3.63) is 0 Å². The average molecular weight is 244 g/mol. The van der Waals surface area contributed by atoms with Gasteiger partial charge in [0.2, 0.25) is 5.91 Å². The molecule has 0 saturated carbocycles. The first-order valence-electron chi connectivity index (χ1n) is 6.36. The van der Waals surface area contributed by atoms with Crippen molar-refractivity contribution in [2.24, 2.45) is 0 Å². The van der Waals surface area contributed by atoms with Gasteiger partial charge in [0.15, 0.2) is 0 Å². The number of aliphatic carboxylic acids is 1. The van der Waals surface area contributed by atoms with E-state index >= 15 is 0 Å². The first-order valence-corrected chi connectivity index (χ1v) is 6.36. The lowest BCUT2D eigenvalue weighted by atomic mass is 10.1. The zero-order chi connectivity index (χ0) is 12.9. The molecule has 0 rings (SSSR count). The van der Waals surface area contributed by atoms with E-state index in [0.29, 0.717) is 13.1 Å². The van der Waals surface area contributed by atoms with E-state index < -0.39 is 5.97 Å². The molecule has 0 fully saturated rings. The molecule has 0 bridgehead atoms. The molecule has 0 saturated heterocycles. The Balaban J connectivity index is 3.16. The van der Waals surface area contributed by atoms with E-state index in [4.69, 9.17) is 5.11 Å². The second kappa shape index (κ2) is 11.4. The molecule has 5 heteroatoms. The van der Waals surface area contributed by atoms with Crippen molar-refractivity contribution in [3.63, 3.8) is 0 Å². The Morgan fingerprint density at radius 1 is 1.06 bits per heavy atom. The Hall–Kier alpha value is -1.10. The van der Waals surface area contributed by atoms with E-state index in [0.717, 1.165) is 38.6 Å². The summed E-state index contributed by atoms with van der Waals surface area (Å²) in [6.45, 7) is 3.98. The molecule has 0 radical (unpaired) electrons. The minimum atomic E-state index is -0.736. The fourth-order valence-corrected chi connectivity index (χ4v) is 1.42. The number of nitrogens with one attached hydrogen (secondary N) is 2. The van der Waals surface area contributed by atoms with Gasteiger partial charge in [0.25, 0.3) is 0 Å². The van der Waals surface area contributed by atoms with E-state index in [1.165, 1.54) is 0 Å². The number of hydrogen-bond acceptors (Lipinski definition) is 3. The Kier molecular flexibility index (Phi) is 10.7. The quantitative estimate of drug-likeness (QED) is 0.476. The monoisotopic (exact) mass is 244 g/mol. The highest BCUT2D eigenvalue weighted by Crippen LogP contribution is 2.01. The largest absolute Gasteiger partial charge is 0.481 e. The molecule has 100 valence electrons. The molecule has 0 aromatic carbocycles. The van der Waals surface area contributed by atoms with Crippen molar-refractivity contribution in [2.75, 3.05) is 19.6 Å². The zero-order valence-electron chi connectivity index (χ0n) is 10.6. The van der Waals surface area contributed by atoms with Crippen LogP contribution in [-0.4, -0.2) is 36.6 Å². The Morgan fingerprint density at radius 3 is 2.41 bits per heavy atom. The maximum Gasteiger partial charge on any atom is 0.303 e. The van der Waals surface area contributed by atoms with Gasteiger partial charge in [0, 0.05) is 13.0 Å². The van der Waals surface area contributed by atoms with Gasteiger partial charge in [0.05, 0.1) is 6.54 Å². The van der Waals surface area contributed by atoms with Gasteiger partial charge in [-0.25, -0.2) is 0 Å². The summed E-state index contributed by atoms with van der Waals surface area (Å²) in [6.07, 6.45) is 4.79. The number of hydrogen-bond donors (Lipinski definition) is 3. The van der Waals surface area contributed by atoms with Crippen molar-refractivity contribution in [1.82, 2.24) is 10.6 Å². The van der Waals surface area contributed by atoms with Crippen LogP contribution in [0.15, 0.2) is 0 Å². The highest BCUT2D eigenvalue weighted by Gasteiger charge is 1.99. The van der Waals surface area contributed by atoms with Crippen LogP contribution in [0.4, 0.5) is 0 Å². The van der Waals surface area contributed by atoms with Crippen LogP contribution in [0.25, 0.3) is 0 Å². The van der Waals surface area contributed by atoms with Gasteiger partial charge in [-0.15, -0.1) is 0 Å². The molecule has 0 atom stereocenters. The number of unbranched alkanes of at least 4 members (excludes halogenated alkanes) is 3. The SMILES string of the molecule is CCCNCC(=O)NCCCCCCC(=O)O. The van der Waals surface area contributed by atoms with E-state index in [-0.39, 0.29) is 12.3 Å². The van der Waals surface area contributed by atoms with Crippen molar-refractivity contribution in [2.45, 2.75) is 45.4 Å². The van der Waals surface area contributed by atoms with Crippen molar-refractivity contribution in [3.8, 4) is 0 Å². The van der Waals surface area contributed by atoms with E-state index in [1.54, 1.807) is 0 Å². The zero-order valence-corrected chi connectivity index (χ0v) is 10.6. The Morgan fingerprint density at radius 2 is 1.76 bits per heavy atom. The topological polar surface area (TPSA) is 78.4 Å². The third kappa shape index (κ3) is 12.8. The van der Waals surface area contributed by atoms with Crippen LogP contribution < -0.4 is 10.6 Å². The minimum Gasteiger partial charge on any atom is -0.481 e. The maximum atomic E-state index is 11.2. The lowest BCUT2D eigenvalue weighted by molar-refractivity contribution is -0.137. The summed E-state index contributed by atoms with van der Waals surface area (Å²) in [4.78, 5) is 21.5. The summed E-state index contributed by atoms with van der Waals surface area (Å²) in [6, 6.07) is 0. The van der Waals surface area contributed by atoms with Crippen LogP contribution in [0.1, 0.15) is 45.4 Å². The number of carbonyl (C=O) groups is 2. The molecular weight excluding hydrogens is 220 g/mol. The number of carbonyl (C=O) groups excluding carboxylic acids is 1. The van der Waals surface area contributed by atoms with E-state index in [2.05, 4.69) is 17.6 Å². The molecule has 0 heterocycles. The van der Waals surface area contributed by atoms with Crippen LogP contribution in [0.2, 0.25) is 0 Å². The fraction of sp³-hybridized carbons (Fsp3) is 0.833. The third-order valence-electron chi connectivity index (χ3n) is 2.35. The van der Waals surface area contributed by atoms with E-state index in [9.17, 15) is 9.59 Å². The Bertz CT molecular complexity index is 220. The second-order valence-corrected chi connectivity index (χ2v) is 4.08. The maximum absolute atomic E-state index is 11.2. The lowest BCUT2D eigenvalue weighted by Crippen LogP contribution is -2.34. The minimum absolute atomic E-state index is 0.0315. The average Bonchev–Trinajstić information content (AvgIpc) is 2.28. The molecule has 5 nitrogen and oxygen atoms in total. The predicted octanol–water partition coefficient (Wildman–Crippen LogP) is 1.14. The fourth-order valence-electron chi connectivity index (χ4n) is 1.42. The molecular formula is C12H24N2O3. The number of carboxylic acids is 1. The second-order valence-electron chi connectivity index (χ2n) is 4.08. The molecule has 17 heavy (non-hydrogen) atoms. The number of rotatable bonds is 11. The molecule has 0 aliphatic rings. The van der Waals surface area contributed by atoms with Gasteiger partial charge < -0.3 is 15.7 Å². The van der Waals surface area contributed by atoms with Gasteiger partial charge in [-0.3, -0.25) is 9.59 Å². The lowest BCUT2D eigenvalue weighted by Gasteiger charge is -2.05. The summed E-state index contributed by atoms with van der Waals surface area (Å²) < 4.78 is 0. The summed E-state index contributed by atoms with van der Waals surface area (Å²) in [5.74, 6) is -0.704. The molecule has 3 N–H and O–H groups in total. The summed E-state index contributed by atoms with van der Waals surface area (Å²) in [5, 5.41) is 14.3. The van der Waals surface area contributed by atoms with Crippen molar-refractivity contribution < 1.29 is 14.7 Å². The summed E-state index contributed by atoms with van der Waals surface area (Å²) in [7, 11) is 0. The van der Waals surface area contributed by atoms with Crippen molar-refractivity contribution >= 4 is 11.9 Å². The summed E-state index contributed by atoms with van der Waals surface area (Å²) in [5.41, 5.74) is 0. The van der Waals surface area contributed by atoms with Crippen LogP contribution >= 0.6 is 0 Å². The van der Waals surface area contributed by atoms with Crippen LogP contribution in [0.5, 0.6) is 0 Å². The molecule has 0 aliphatic carbocycles. The molecule has 1 amide bonds. The molecule has 0 unspecified atom stereocenters. The van der Waals surface area contributed by atoms with Crippen LogP contribution in [0, 0.1) is 0 Å². The smallest absolute Gasteiger partial charge is 0.303 e. The number of carboxylic acid groups (broad SMARTS) is 1. The van der Waals surface area contributed by atoms with E-state index in [1.807, 2.05) is 0 Å².